The van der Waals surface area contributed by atoms with Crippen LogP contribution in [0.3, 0.4) is 0 Å². The molecule has 0 unspecified atom stereocenters. The highest BCUT2D eigenvalue weighted by molar-refractivity contribution is 7.86. The van der Waals surface area contributed by atoms with Crippen molar-refractivity contribution in [3.05, 3.63) is 29.1 Å². The van der Waals surface area contributed by atoms with Gasteiger partial charge in [-0.2, -0.15) is 8.42 Å². The molecule has 0 fully saturated rings. The van der Waals surface area contributed by atoms with Gasteiger partial charge in [0.05, 0.1) is 12.2 Å². The minimum Gasteiger partial charge on any atom is -0.388 e. The lowest BCUT2D eigenvalue weighted by molar-refractivity contribution is 0.0304. The predicted octanol–water partition coefficient (Wildman–Crippen LogP) is 1.86. The van der Waals surface area contributed by atoms with Crippen molar-refractivity contribution in [2.24, 2.45) is 0 Å². The summed E-state index contributed by atoms with van der Waals surface area (Å²) in [6.45, 7) is 1.29. The number of benzene rings is 1. The SMILES string of the molecule is CC(C)(O)COS(=O)(=O)c1c(F)c(F)c(F)c(F)c1F. The number of hydrogen-bond acceptors (Lipinski definition) is 4. The molecule has 0 atom stereocenters. The van der Waals surface area contributed by atoms with E-state index in [1.807, 2.05) is 0 Å². The zero-order chi connectivity index (χ0) is 15.9. The van der Waals surface area contributed by atoms with Crippen molar-refractivity contribution in [3.63, 3.8) is 0 Å². The van der Waals surface area contributed by atoms with Crippen LogP contribution in [0.25, 0.3) is 0 Å². The molecule has 0 bridgehead atoms. The van der Waals surface area contributed by atoms with Crippen LogP contribution in [0.1, 0.15) is 13.8 Å². The van der Waals surface area contributed by atoms with Crippen LogP contribution in [-0.4, -0.2) is 25.7 Å². The van der Waals surface area contributed by atoms with Crippen molar-refractivity contribution < 1.29 is 39.7 Å². The maximum atomic E-state index is 13.3. The van der Waals surface area contributed by atoms with Crippen molar-refractivity contribution in [1.29, 1.82) is 0 Å². The van der Waals surface area contributed by atoms with Gasteiger partial charge in [-0.15, -0.1) is 0 Å². The Labute approximate surface area is 110 Å². The lowest BCUT2D eigenvalue weighted by atomic mass is 10.2. The van der Waals surface area contributed by atoms with Crippen LogP contribution >= 0.6 is 0 Å². The number of halogens is 5. The van der Waals surface area contributed by atoms with Gasteiger partial charge >= 0.3 is 10.1 Å². The number of hydrogen-bond donors (Lipinski definition) is 1. The molecule has 0 aliphatic carbocycles. The number of rotatable bonds is 4. The van der Waals surface area contributed by atoms with Crippen LogP contribution in [0.4, 0.5) is 22.0 Å². The summed E-state index contributed by atoms with van der Waals surface area (Å²) < 4.78 is 92.1. The molecule has 0 heterocycles. The molecule has 0 spiro atoms. The predicted molar refractivity (Wildman–Crippen MR) is 55.7 cm³/mol. The Balaban J connectivity index is 3.40. The molecule has 1 N–H and O–H groups in total. The average Bonchev–Trinajstić information content (AvgIpc) is 2.31. The van der Waals surface area contributed by atoms with Gasteiger partial charge in [0.2, 0.25) is 5.82 Å². The molecule has 0 aliphatic rings. The average molecular weight is 320 g/mol. The molecule has 114 valence electrons. The van der Waals surface area contributed by atoms with Crippen LogP contribution in [0.15, 0.2) is 4.90 Å². The van der Waals surface area contributed by atoms with Gasteiger partial charge in [0.25, 0.3) is 0 Å². The summed E-state index contributed by atoms with van der Waals surface area (Å²) in [5.74, 6) is -12.4. The summed E-state index contributed by atoms with van der Waals surface area (Å²) in [5, 5.41) is 9.23. The maximum Gasteiger partial charge on any atom is 0.303 e. The van der Waals surface area contributed by atoms with Crippen LogP contribution in [-0.2, 0) is 14.3 Å². The van der Waals surface area contributed by atoms with E-state index in [2.05, 4.69) is 4.18 Å². The Morgan fingerprint density at radius 3 is 1.65 bits per heavy atom. The molecule has 0 radical (unpaired) electrons. The molecule has 20 heavy (non-hydrogen) atoms. The minimum atomic E-state index is -5.27. The molecular formula is C10H9F5O4S. The standard InChI is InChI=1S/C10H9F5O4S/c1-10(2,16)3-19-20(17,18)9-7(14)5(12)4(11)6(13)8(9)15/h16H,3H2,1-2H3. The van der Waals surface area contributed by atoms with Gasteiger partial charge in [-0.3, -0.25) is 4.18 Å². The van der Waals surface area contributed by atoms with Crippen molar-refractivity contribution in [2.75, 3.05) is 6.61 Å². The molecule has 0 amide bonds. The fourth-order valence-electron chi connectivity index (χ4n) is 1.08. The molecule has 1 aromatic rings. The Kier molecular flexibility index (Phi) is 4.42. The van der Waals surface area contributed by atoms with Crippen LogP contribution < -0.4 is 0 Å². The maximum absolute atomic E-state index is 13.3. The van der Waals surface area contributed by atoms with E-state index in [-0.39, 0.29) is 0 Å². The first-order valence-corrected chi connectivity index (χ1v) is 6.42. The Bertz CT molecular complexity index is 607. The molecule has 0 saturated carbocycles. The third-order valence-corrected chi connectivity index (χ3v) is 3.27. The first kappa shape index (κ1) is 16.8. The largest absolute Gasteiger partial charge is 0.388 e. The second-order valence-electron chi connectivity index (χ2n) is 4.43. The van der Waals surface area contributed by atoms with Crippen molar-refractivity contribution in [2.45, 2.75) is 24.3 Å². The van der Waals surface area contributed by atoms with Crippen LogP contribution in [0.2, 0.25) is 0 Å². The quantitative estimate of drug-likeness (QED) is 0.398. The minimum absolute atomic E-state index is 0.936. The third-order valence-electron chi connectivity index (χ3n) is 1.99. The fourth-order valence-corrected chi connectivity index (χ4v) is 2.26. The molecule has 4 nitrogen and oxygen atoms in total. The van der Waals surface area contributed by atoms with Crippen molar-refractivity contribution in [3.8, 4) is 0 Å². The first-order chi connectivity index (χ1) is 8.88. The van der Waals surface area contributed by atoms with Gasteiger partial charge in [-0.05, 0) is 13.8 Å². The highest BCUT2D eigenvalue weighted by atomic mass is 32.2. The van der Waals surface area contributed by atoms with E-state index < -0.39 is 56.3 Å². The van der Waals surface area contributed by atoms with E-state index in [4.69, 9.17) is 0 Å². The molecule has 0 aromatic heterocycles. The van der Waals surface area contributed by atoms with E-state index in [1.54, 1.807) is 0 Å². The van der Waals surface area contributed by atoms with Gasteiger partial charge < -0.3 is 5.11 Å². The van der Waals surface area contributed by atoms with Crippen molar-refractivity contribution >= 4 is 10.1 Å². The molecule has 10 heteroatoms. The second-order valence-corrected chi connectivity index (χ2v) is 5.98. The summed E-state index contributed by atoms with van der Waals surface area (Å²) in [7, 11) is -5.27. The number of aliphatic hydroxyl groups is 1. The van der Waals surface area contributed by atoms with E-state index in [1.165, 1.54) is 0 Å². The van der Waals surface area contributed by atoms with Gasteiger partial charge in [-0.25, -0.2) is 22.0 Å². The normalized spacial score (nSPS) is 12.8. The van der Waals surface area contributed by atoms with Crippen molar-refractivity contribution in [1.82, 2.24) is 0 Å². The molecule has 0 saturated heterocycles. The molecule has 0 aliphatic heterocycles. The zero-order valence-corrected chi connectivity index (χ0v) is 11.0. The van der Waals surface area contributed by atoms with Gasteiger partial charge in [-0.1, -0.05) is 0 Å². The summed E-state index contributed by atoms with van der Waals surface area (Å²) in [5.41, 5.74) is -1.70. The second kappa shape index (κ2) is 5.26. The van der Waals surface area contributed by atoms with Crippen LogP contribution in [0, 0.1) is 29.1 Å². The lowest BCUT2D eigenvalue weighted by Crippen LogP contribution is -2.28. The molecular weight excluding hydrogens is 311 g/mol. The van der Waals surface area contributed by atoms with Gasteiger partial charge in [0, 0.05) is 0 Å². The monoisotopic (exact) mass is 320 g/mol. The van der Waals surface area contributed by atoms with E-state index in [0.717, 1.165) is 13.8 Å². The highest BCUT2D eigenvalue weighted by Gasteiger charge is 2.35. The summed E-state index contributed by atoms with van der Waals surface area (Å²) >= 11 is 0. The van der Waals surface area contributed by atoms with E-state index in [9.17, 15) is 35.5 Å². The van der Waals surface area contributed by atoms with Gasteiger partial charge in [0.1, 0.15) is 0 Å². The fraction of sp³-hybridized carbons (Fsp3) is 0.400. The Morgan fingerprint density at radius 2 is 1.30 bits per heavy atom. The molecule has 1 aromatic carbocycles. The van der Waals surface area contributed by atoms with Crippen LogP contribution in [0.5, 0.6) is 0 Å². The summed E-state index contributed by atoms with van der Waals surface area (Å²) in [6, 6.07) is 0. The van der Waals surface area contributed by atoms with E-state index >= 15 is 0 Å². The molecule has 1 rings (SSSR count). The zero-order valence-electron chi connectivity index (χ0n) is 10.2. The topological polar surface area (TPSA) is 63.6 Å². The Morgan fingerprint density at radius 1 is 0.950 bits per heavy atom. The highest BCUT2D eigenvalue weighted by Crippen LogP contribution is 2.28. The Hall–Kier alpha value is -1.26. The summed E-state index contributed by atoms with van der Waals surface area (Å²) in [4.78, 5) is -2.10. The lowest BCUT2D eigenvalue weighted by Gasteiger charge is -2.17. The smallest absolute Gasteiger partial charge is 0.303 e. The summed E-state index contributed by atoms with van der Waals surface area (Å²) in [6.07, 6.45) is 0. The van der Waals surface area contributed by atoms with E-state index in [0.29, 0.717) is 0 Å². The third kappa shape index (κ3) is 3.25. The first-order valence-electron chi connectivity index (χ1n) is 5.01. The van der Waals surface area contributed by atoms with Gasteiger partial charge in [0.15, 0.2) is 28.2 Å².